The highest BCUT2D eigenvalue weighted by molar-refractivity contribution is 5.68. The predicted octanol–water partition coefficient (Wildman–Crippen LogP) is 4.39. The van der Waals surface area contributed by atoms with Gasteiger partial charge in [0, 0.05) is 6.04 Å². The van der Waals surface area contributed by atoms with E-state index in [-0.39, 0.29) is 12.1 Å². The van der Waals surface area contributed by atoms with E-state index in [9.17, 15) is 4.79 Å². The topological polar surface area (TPSA) is 38.3 Å². The number of allylic oxidation sites excluding steroid dienone is 1. The number of carbonyl (C=O) groups excluding carboxylic acids is 1. The zero-order valence-electron chi connectivity index (χ0n) is 13.1. The van der Waals surface area contributed by atoms with Crippen LogP contribution in [0.2, 0.25) is 0 Å². The molecule has 0 saturated carbocycles. The fraction of sp³-hybridized carbons (Fsp3) is 0.471. The summed E-state index contributed by atoms with van der Waals surface area (Å²) in [6, 6.07) is 10.3. The lowest BCUT2D eigenvalue weighted by molar-refractivity contribution is 0.0509. The van der Waals surface area contributed by atoms with Crippen LogP contribution in [-0.4, -0.2) is 17.7 Å². The standard InChI is InChI=1S/C17H25NO2/c1-13(15-9-7-6-8-10-15)11-12-14(2)18-16(19)20-17(3,4)5/h6-11,14H,12H2,1-5H3,(H,18,19)/b13-11+. The molecule has 1 unspecified atom stereocenters. The Morgan fingerprint density at radius 1 is 1.30 bits per heavy atom. The third kappa shape index (κ3) is 6.41. The second-order valence-electron chi connectivity index (χ2n) is 6.04. The van der Waals surface area contributed by atoms with Gasteiger partial charge in [-0.3, -0.25) is 0 Å². The molecule has 0 radical (unpaired) electrons. The highest BCUT2D eigenvalue weighted by Crippen LogP contribution is 2.14. The molecular weight excluding hydrogens is 250 g/mol. The van der Waals surface area contributed by atoms with E-state index in [1.807, 2.05) is 45.9 Å². The molecule has 0 heterocycles. The summed E-state index contributed by atoms with van der Waals surface area (Å²) in [5, 5.41) is 2.84. The van der Waals surface area contributed by atoms with Crippen molar-refractivity contribution in [1.82, 2.24) is 5.32 Å². The van der Waals surface area contributed by atoms with E-state index in [0.29, 0.717) is 0 Å². The summed E-state index contributed by atoms with van der Waals surface area (Å²) < 4.78 is 5.23. The van der Waals surface area contributed by atoms with Crippen LogP contribution in [0.5, 0.6) is 0 Å². The Hall–Kier alpha value is -1.77. The second-order valence-corrected chi connectivity index (χ2v) is 6.04. The molecular formula is C17H25NO2. The number of amides is 1. The van der Waals surface area contributed by atoms with Gasteiger partial charge in [-0.15, -0.1) is 0 Å². The minimum atomic E-state index is -0.459. The molecule has 20 heavy (non-hydrogen) atoms. The van der Waals surface area contributed by atoms with E-state index < -0.39 is 5.60 Å². The van der Waals surface area contributed by atoms with Gasteiger partial charge in [0.05, 0.1) is 0 Å². The summed E-state index contributed by atoms with van der Waals surface area (Å²) in [7, 11) is 0. The zero-order chi connectivity index (χ0) is 15.2. The van der Waals surface area contributed by atoms with Gasteiger partial charge in [0.25, 0.3) is 0 Å². The van der Waals surface area contributed by atoms with E-state index in [1.165, 1.54) is 11.1 Å². The molecule has 110 valence electrons. The Labute approximate surface area is 122 Å². The Balaban J connectivity index is 2.47. The van der Waals surface area contributed by atoms with Gasteiger partial charge in [-0.05, 0) is 52.2 Å². The molecule has 1 rings (SSSR count). The lowest BCUT2D eigenvalue weighted by Gasteiger charge is -2.21. The van der Waals surface area contributed by atoms with Crippen molar-refractivity contribution < 1.29 is 9.53 Å². The third-order valence-electron chi connectivity index (χ3n) is 2.77. The van der Waals surface area contributed by atoms with Gasteiger partial charge in [-0.25, -0.2) is 4.79 Å². The van der Waals surface area contributed by atoms with Crippen LogP contribution in [-0.2, 0) is 4.74 Å². The average molecular weight is 275 g/mol. The Morgan fingerprint density at radius 2 is 1.90 bits per heavy atom. The van der Waals surface area contributed by atoms with Crippen molar-refractivity contribution in [1.29, 1.82) is 0 Å². The van der Waals surface area contributed by atoms with Crippen LogP contribution >= 0.6 is 0 Å². The van der Waals surface area contributed by atoms with Crippen LogP contribution in [0.1, 0.15) is 46.6 Å². The summed E-state index contributed by atoms with van der Waals surface area (Å²) in [6.07, 6.45) is 2.55. The van der Waals surface area contributed by atoms with Gasteiger partial charge in [-0.1, -0.05) is 36.4 Å². The molecule has 0 bridgehead atoms. The van der Waals surface area contributed by atoms with Crippen molar-refractivity contribution in [2.24, 2.45) is 0 Å². The Morgan fingerprint density at radius 3 is 2.45 bits per heavy atom. The average Bonchev–Trinajstić information content (AvgIpc) is 2.34. The van der Waals surface area contributed by atoms with Gasteiger partial charge in [0.15, 0.2) is 0 Å². The number of alkyl carbamates (subject to hydrolysis) is 1. The molecule has 1 aromatic rings. The minimum Gasteiger partial charge on any atom is -0.444 e. The zero-order valence-corrected chi connectivity index (χ0v) is 13.1. The van der Waals surface area contributed by atoms with Crippen LogP contribution in [0.25, 0.3) is 5.57 Å². The fourth-order valence-electron chi connectivity index (χ4n) is 1.74. The molecule has 3 nitrogen and oxygen atoms in total. The minimum absolute atomic E-state index is 0.0449. The second kappa shape index (κ2) is 7.13. The first-order valence-corrected chi connectivity index (χ1v) is 6.99. The first-order valence-electron chi connectivity index (χ1n) is 6.99. The molecule has 1 aromatic carbocycles. The summed E-state index contributed by atoms with van der Waals surface area (Å²) in [6.45, 7) is 9.62. The number of hydrogen-bond acceptors (Lipinski definition) is 2. The van der Waals surface area contributed by atoms with Gasteiger partial charge in [0.2, 0.25) is 0 Å². The summed E-state index contributed by atoms with van der Waals surface area (Å²) in [4.78, 5) is 11.6. The Bertz CT molecular complexity index is 458. The van der Waals surface area contributed by atoms with Crippen molar-refractivity contribution in [2.75, 3.05) is 0 Å². The van der Waals surface area contributed by atoms with Gasteiger partial charge in [0.1, 0.15) is 5.60 Å². The molecule has 0 aromatic heterocycles. The molecule has 0 saturated heterocycles. The number of ether oxygens (including phenoxy) is 1. The monoisotopic (exact) mass is 275 g/mol. The highest BCUT2D eigenvalue weighted by Gasteiger charge is 2.17. The van der Waals surface area contributed by atoms with Crippen molar-refractivity contribution in [3.05, 3.63) is 42.0 Å². The smallest absolute Gasteiger partial charge is 0.407 e. The highest BCUT2D eigenvalue weighted by atomic mass is 16.6. The Kier molecular flexibility index (Phi) is 5.81. The summed E-state index contributed by atoms with van der Waals surface area (Å²) in [5.74, 6) is 0. The van der Waals surface area contributed by atoms with E-state index in [4.69, 9.17) is 4.74 Å². The van der Waals surface area contributed by atoms with Crippen molar-refractivity contribution in [3.8, 4) is 0 Å². The maximum absolute atomic E-state index is 11.6. The number of rotatable bonds is 4. The van der Waals surface area contributed by atoms with Gasteiger partial charge >= 0.3 is 6.09 Å². The van der Waals surface area contributed by atoms with Gasteiger partial charge < -0.3 is 10.1 Å². The van der Waals surface area contributed by atoms with Crippen LogP contribution in [0.15, 0.2) is 36.4 Å². The number of hydrogen-bond donors (Lipinski definition) is 1. The van der Waals surface area contributed by atoms with Crippen molar-refractivity contribution in [2.45, 2.75) is 52.7 Å². The van der Waals surface area contributed by atoms with E-state index in [0.717, 1.165) is 6.42 Å². The molecule has 0 fully saturated rings. The molecule has 0 spiro atoms. The number of carbonyl (C=O) groups is 1. The fourth-order valence-corrected chi connectivity index (χ4v) is 1.74. The van der Waals surface area contributed by atoms with Crippen LogP contribution in [0, 0.1) is 0 Å². The van der Waals surface area contributed by atoms with E-state index >= 15 is 0 Å². The molecule has 1 N–H and O–H groups in total. The molecule has 3 heteroatoms. The SMILES string of the molecule is C/C(=C\CC(C)NC(=O)OC(C)(C)C)c1ccccc1. The normalized spacial score (nSPS) is 13.8. The van der Waals surface area contributed by atoms with Gasteiger partial charge in [-0.2, -0.15) is 0 Å². The summed E-state index contributed by atoms with van der Waals surface area (Å²) in [5.41, 5.74) is 1.96. The first-order chi connectivity index (χ1) is 9.28. The quantitative estimate of drug-likeness (QED) is 0.884. The number of benzene rings is 1. The van der Waals surface area contributed by atoms with Crippen LogP contribution in [0.3, 0.4) is 0 Å². The largest absolute Gasteiger partial charge is 0.444 e. The molecule has 1 amide bonds. The number of nitrogens with one attached hydrogen (secondary N) is 1. The maximum atomic E-state index is 11.6. The molecule has 0 aliphatic rings. The lowest BCUT2D eigenvalue weighted by atomic mass is 10.1. The molecule has 1 atom stereocenters. The first kappa shape index (κ1) is 16.3. The summed E-state index contributed by atoms with van der Waals surface area (Å²) >= 11 is 0. The van der Waals surface area contributed by atoms with Crippen LogP contribution < -0.4 is 5.32 Å². The lowest BCUT2D eigenvalue weighted by Crippen LogP contribution is -2.37. The van der Waals surface area contributed by atoms with Crippen molar-refractivity contribution in [3.63, 3.8) is 0 Å². The van der Waals surface area contributed by atoms with Crippen LogP contribution in [0.4, 0.5) is 4.79 Å². The van der Waals surface area contributed by atoms with E-state index in [2.05, 4.69) is 30.4 Å². The molecule has 0 aliphatic carbocycles. The van der Waals surface area contributed by atoms with Crippen molar-refractivity contribution >= 4 is 11.7 Å². The molecule has 0 aliphatic heterocycles. The van der Waals surface area contributed by atoms with E-state index in [1.54, 1.807) is 0 Å². The predicted molar refractivity (Wildman–Crippen MR) is 83.5 cm³/mol. The maximum Gasteiger partial charge on any atom is 0.407 e. The third-order valence-corrected chi connectivity index (χ3v) is 2.77.